The van der Waals surface area contributed by atoms with Crippen LogP contribution in [-0.2, 0) is 16.1 Å². The van der Waals surface area contributed by atoms with Crippen LogP contribution in [0.4, 0.5) is 0 Å². The van der Waals surface area contributed by atoms with E-state index >= 15 is 0 Å². The first-order valence-electron chi connectivity index (χ1n) is 8.85. The average molecular weight is 414 g/mol. The van der Waals surface area contributed by atoms with E-state index in [9.17, 15) is 4.79 Å². The second-order valence-corrected chi connectivity index (χ2v) is 6.41. The molecule has 3 heterocycles. The van der Waals surface area contributed by atoms with Crippen molar-refractivity contribution in [3.8, 4) is 22.6 Å². The van der Waals surface area contributed by atoms with Crippen LogP contribution in [0, 0.1) is 6.92 Å². The molecule has 0 saturated carbocycles. The van der Waals surface area contributed by atoms with Crippen LogP contribution in [0.5, 0.6) is 0 Å². The molecule has 0 saturated heterocycles. The molecular weight excluding hydrogens is 394 g/mol. The summed E-state index contributed by atoms with van der Waals surface area (Å²) < 4.78 is 10.2. The quantitative estimate of drug-likeness (QED) is 0.465. The lowest BCUT2D eigenvalue weighted by Crippen LogP contribution is -2.36. The Morgan fingerprint density at radius 1 is 1.28 bits per heavy atom. The van der Waals surface area contributed by atoms with Crippen molar-refractivity contribution in [3.63, 3.8) is 0 Å². The second kappa shape index (κ2) is 8.93. The Balaban J connectivity index is 0.00000240. The van der Waals surface area contributed by atoms with Crippen LogP contribution in [0.25, 0.3) is 22.6 Å². The minimum atomic E-state index is -0.426. The second-order valence-electron chi connectivity index (χ2n) is 6.41. The Kier molecular flexibility index (Phi) is 6.36. The molecule has 8 nitrogen and oxygen atoms in total. The van der Waals surface area contributed by atoms with Crippen molar-refractivity contribution in [1.82, 2.24) is 25.0 Å². The summed E-state index contributed by atoms with van der Waals surface area (Å²) in [6, 6.07) is 9.22. The number of methoxy groups -OCH3 is 1. The van der Waals surface area contributed by atoms with Crippen molar-refractivity contribution >= 4 is 18.4 Å². The first-order valence-corrected chi connectivity index (χ1v) is 8.85. The van der Waals surface area contributed by atoms with Crippen LogP contribution in [0.2, 0.25) is 0 Å². The minimum Gasteiger partial charge on any atom is -0.468 e. The molecule has 4 rings (SSSR count). The van der Waals surface area contributed by atoms with E-state index in [0.717, 1.165) is 16.8 Å². The summed E-state index contributed by atoms with van der Waals surface area (Å²) in [6.07, 6.45) is 5.47. The van der Waals surface area contributed by atoms with E-state index in [2.05, 4.69) is 20.1 Å². The molecule has 2 aromatic heterocycles. The number of hydrogen-bond donors (Lipinski definition) is 0. The zero-order valence-corrected chi connectivity index (χ0v) is 16.8. The maximum Gasteiger partial charge on any atom is 0.327 e. The Labute approximate surface area is 174 Å². The van der Waals surface area contributed by atoms with Gasteiger partial charge < -0.3 is 9.26 Å². The third-order valence-electron chi connectivity index (χ3n) is 4.49. The van der Waals surface area contributed by atoms with Crippen LogP contribution >= 0.6 is 12.4 Å². The molecule has 0 amide bonds. The van der Waals surface area contributed by atoms with Gasteiger partial charge in [-0.15, -0.1) is 12.4 Å². The van der Waals surface area contributed by atoms with Gasteiger partial charge in [0.05, 0.1) is 19.3 Å². The lowest BCUT2D eigenvalue weighted by Gasteiger charge is -2.19. The highest BCUT2D eigenvalue weighted by Crippen LogP contribution is 2.24. The number of ether oxygens (including phenoxy) is 1. The molecule has 150 valence electrons. The van der Waals surface area contributed by atoms with E-state index in [1.807, 2.05) is 54.3 Å². The molecule has 0 N–H and O–H groups in total. The minimum absolute atomic E-state index is 0. The summed E-state index contributed by atoms with van der Waals surface area (Å²) in [4.78, 5) is 26.8. The predicted molar refractivity (Wildman–Crippen MR) is 108 cm³/mol. The van der Waals surface area contributed by atoms with Gasteiger partial charge in [-0.05, 0) is 19.1 Å². The molecule has 0 spiro atoms. The number of benzene rings is 1. The van der Waals surface area contributed by atoms with Crippen molar-refractivity contribution in [3.05, 3.63) is 60.4 Å². The molecule has 3 aromatic rings. The molecule has 0 aliphatic carbocycles. The van der Waals surface area contributed by atoms with Crippen LogP contribution < -0.4 is 0 Å². The number of aromatic nitrogens is 4. The number of halogens is 1. The lowest BCUT2D eigenvalue weighted by atomic mass is 10.1. The summed E-state index contributed by atoms with van der Waals surface area (Å²) in [5, 5.41) is 4.09. The van der Waals surface area contributed by atoms with E-state index in [0.29, 0.717) is 30.6 Å². The smallest absolute Gasteiger partial charge is 0.327 e. The van der Waals surface area contributed by atoms with Gasteiger partial charge in [-0.1, -0.05) is 35.5 Å². The molecule has 1 aliphatic heterocycles. The first-order chi connectivity index (χ1) is 13.6. The number of rotatable bonds is 5. The topological polar surface area (TPSA) is 94.2 Å². The van der Waals surface area contributed by atoms with E-state index in [1.165, 1.54) is 7.11 Å². The van der Waals surface area contributed by atoms with Crippen LogP contribution in [0.3, 0.4) is 0 Å². The molecule has 0 radical (unpaired) electrons. The van der Waals surface area contributed by atoms with Gasteiger partial charge >= 0.3 is 5.97 Å². The fraction of sp³-hybridized carbons (Fsp3) is 0.250. The van der Waals surface area contributed by atoms with Crippen LogP contribution in [-0.4, -0.2) is 50.7 Å². The van der Waals surface area contributed by atoms with Gasteiger partial charge in [-0.2, -0.15) is 4.98 Å². The monoisotopic (exact) mass is 413 g/mol. The zero-order chi connectivity index (χ0) is 19.5. The third kappa shape index (κ3) is 4.49. The van der Waals surface area contributed by atoms with Gasteiger partial charge in [-0.25, -0.2) is 9.97 Å². The average Bonchev–Trinajstić information content (AvgIpc) is 3.37. The highest BCUT2D eigenvalue weighted by molar-refractivity contribution is 5.85. The fourth-order valence-electron chi connectivity index (χ4n) is 3.12. The van der Waals surface area contributed by atoms with Crippen LogP contribution in [0.1, 0.15) is 11.7 Å². The van der Waals surface area contributed by atoms with Crippen molar-refractivity contribution in [2.45, 2.75) is 19.5 Å². The van der Waals surface area contributed by atoms with Gasteiger partial charge in [0.15, 0.2) is 0 Å². The Morgan fingerprint density at radius 2 is 2.10 bits per heavy atom. The molecule has 0 fully saturated rings. The largest absolute Gasteiger partial charge is 0.468 e. The predicted octanol–water partition coefficient (Wildman–Crippen LogP) is 2.84. The van der Waals surface area contributed by atoms with Crippen LogP contribution in [0.15, 0.2) is 53.2 Å². The molecular formula is C20H20ClN5O3. The Bertz CT molecular complexity index is 1040. The molecule has 9 heteroatoms. The van der Waals surface area contributed by atoms with Crippen molar-refractivity contribution in [2.75, 3.05) is 13.7 Å². The molecule has 1 aliphatic rings. The van der Waals surface area contributed by atoms with E-state index in [-0.39, 0.29) is 18.4 Å². The summed E-state index contributed by atoms with van der Waals surface area (Å²) in [7, 11) is 1.38. The number of nitrogens with zero attached hydrogens (tertiary/aromatic N) is 5. The fourth-order valence-corrected chi connectivity index (χ4v) is 3.12. The number of carbonyl (C=O) groups excluding carboxylic acids is 1. The van der Waals surface area contributed by atoms with Crippen molar-refractivity contribution < 1.29 is 14.1 Å². The SMILES string of the molecule is COC(=O)C1C=CCN1Cc1nc(-c2cccc(-c3ccnc(C)n3)c2)no1.Cl. The molecule has 0 bridgehead atoms. The third-order valence-corrected chi connectivity index (χ3v) is 4.49. The van der Waals surface area contributed by atoms with Crippen molar-refractivity contribution in [2.24, 2.45) is 0 Å². The first kappa shape index (κ1) is 20.6. The number of carbonyl (C=O) groups is 1. The van der Waals surface area contributed by atoms with E-state index < -0.39 is 6.04 Å². The van der Waals surface area contributed by atoms with Gasteiger partial charge in [-0.3, -0.25) is 9.69 Å². The Hall–Kier alpha value is -3.10. The van der Waals surface area contributed by atoms with Gasteiger partial charge in [0.1, 0.15) is 11.9 Å². The van der Waals surface area contributed by atoms with Gasteiger partial charge in [0, 0.05) is 23.9 Å². The summed E-state index contributed by atoms with van der Waals surface area (Å²) >= 11 is 0. The van der Waals surface area contributed by atoms with Gasteiger partial charge in [0.2, 0.25) is 11.7 Å². The lowest BCUT2D eigenvalue weighted by molar-refractivity contribution is -0.144. The number of esters is 1. The maximum absolute atomic E-state index is 11.8. The summed E-state index contributed by atoms with van der Waals surface area (Å²) in [5.41, 5.74) is 2.61. The summed E-state index contributed by atoms with van der Waals surface area (Å²) in [6.45, 7) is 2.85. The number of aryl methyl sites for hydroxylation is 1. The molecule has 1 unspecified atom stereocenters. The van der Waals surface area contributed by atoms with Gasteiger partial charge in [0.25, 0.3) is 0 Å². The molecule has 29 heavy (non-hydrogen) atoms. The zero-order valence-electron chi connectivity index (χ0n) is 16.0. The highest BCUT2D eigenvalue weighted by Gasteiger charge is 2.28. The van der Waals surface area contributed by atoms with E-state index in [1.54, 1.807) is 6.20 Å². The van der Waals surface area contributed by atoms with E-state index in [4.69, 9.17) is 9.26 Å². The Morgan fingerprint density at radius 3 is 2.90 bits per heavy atom. The molecule has 1 aromatic carbocycles. The van der Waals surface area contributed by atoms with Crippen molar-refractivity contribution in [1.29, 1.82) is 0 Å². The molecule has 1 atom stereocenters. The highest BCUT2D eigenvalue weighted by atomic mass is 35.5. The normalized spacial score (nSPS) is 15.9. The number of hydrogen-bond acceptors (Lipinski definition) is 8. The maximum atomic E-state index is 11.8. The summed E-state index contributed by atoms with van der Waals surface area (Å²) in [5.74, 6) is 1.34. The standard InChI is InChI=1S/C20H19N5O3.ClH/c1-13-21-9-8-16(22-13)14-5-3-6-15(11-14)19-23-18(28-24-19)12-25-10-4-7-17(25)20(26)27-2;/h3-9,11,17H,10,12H2,1-2H3;1H.